The lowest BCUT2D eigenvalue weighted by Gasteiger charge is -2.22. The smallest absolute Gasteiger partial charge is 0.166 e. The number of nitrogens with two attached hydrogens (primary N) is 1. The van der Waals surface area contributed by atoms with E-state index in [1.807, 2.05) is 30.1 Å². The number of anilines is 1. The van der Waals surface area contributed by atoms with Gasteiger partial charge in [-0.25, -0.2) is 4.98 Å². The molecule has 1 unspecified atom stereocenters. The van der Waals surface area contributed by atoms with Gasteiger partial charge in [-0.15, -0.1) is 0 Å². The topological polar surface area (TPSA) is 90.9 Å². The van der Waals surface area contributed by atoms with Gasteiger partial charge in [0, 0.05) is 41.5 Å². The summed E-state index contributed by atoms with van der Waals surface area (Å²) < 4.78 is 8.09. The summed E-state index contributed by atoms with van der Waals surface area (Å²) in [6, 6.07) is 2.28. The lowest BCUT2D eigenvalue weighted by molar-refractivity contribution is 0.228. The van der Waals surface area contributed by atoms with Gasteiger partial charge >= 0.3 is 0 Å². The number of ether oxygens (including phenoxy) is 1. The molecule has 29 heavy (non-hydrogen) atoms. The van der Waals surface area contributed by atoms with E-state index in [1.54, 1.807) is 6.20 Å². The minimum Gasteiger partial charge on any atom is -0.482 e. The molecule has 1 atom stereocenters. The molecule has 0 amide bonds. The number of pyridine rings is 2. The van der Waals surface area contributed by atoms with Gasteiger partial charge in [0.05, 0.1) is 22.3 Å². The second-order valence-electron chi connectivity index (χ2n) is 7.07. The van der Waals surface area contributed by atoms with Gasteiger partial charge < -0.3 is 15.8 Å². The lowest BCUT2D eigenvalue weighted by atomic mass is 10.1. The van der Waals surface area contributed by atoms with Gasteiger partial charge in [0.2, 0.25) is 0 Å². The third kappa shape index (κ3) is 4.32. The van der Waals surface area contributed by atoms with Crippen LogP contribution in [0.3, 0.4) is 0 Å². The average Bonchev–Trinajstić information content (AvgIpc) is 3.20. The number of nitrogen functional groups attached to an aromatic ring is 1. The zero-order valence-corrected chi connectivity index (χ0v) is 17.5. The van der Waals surface area contributed by atoms with Crippen LogP contribution in [-0.4, -0.2) is 32.8 Å². The van der Waals surface area contributed by atoms with Crippen LogP contribution in [-0.2, 0) is 0 Å². The van der Waals surface area contributed by atoms with Gasteiger partial charge in [0.15, 0.2) is 11.6 Å². The fourth-order valence-corrected chi connectivity index (χ4v) is 4.20. The molecule has 1 aliphatic rings. The molecular formula is C20H22Cl2N6O. The molecule has 152 valence electrons. The fraction of sp³-hybridized carbons (Fsp3) is 0.350. The minimum atomic E-state index is -0.421. The third-order valence-electron chi connectivity index (χ3n) is 5.10. The van der Waals surface area contributed by atoms with E-state index in [2.05, 4.69) is 20.4 Å². The molecule has 1 aliphatic heterocycles. The van der Waals surface area contributed by atoms with E-state index in [0.717, 1.165) is 37.1 Å². The highest BCUT2D eigenvalue weighted by atomic mass is 35.5. The molecule has 4 heterocycles. The Morgan fingerprint density at radius 3 is 2.59 bits per heavy atom. The van der Waals surface area contributed by atoms with Gasteiger partial charge in [0.1, 0.15) is 6.10 Å². The predicted molar refractivity (Wildman–Crippen MR) is 114 cm³/mol. The maximum Gasteiger partial charge on any atom is 0.166 e. The lowest BCUT2D eigenvalue weighted by Crippen LogP contribution is -2.29. The zero-order valence-electron chi connectivity index (χ0n) is 16.0. The third-order valence-corrected chi connectivity index (χ3v) is 5.70. The first-order valence-electron chi connectivity index (χ1n) is 9.49. The summed E-state index contributed by atoms with van der Waals surface area (Å²) in [5.74, 6) is 0.765. The summed E-state index contributed by atoms with van der Waals surface area (Å²) in [5.41, 5.74) is 8.56. The number of aromatic nitrogens is 4. The fourth-order valence-electron chi connectivity index (χ4n) is 3.52. The molecule has 0 saturated carbocycles. The van der Waals surface area contributed by atoms with Crippen LogP contribution in [0.2, 0.25) is 10.0 Å². The van der Waals surface area contributed by atoms with Gasteiger partial charge in [-0.2, -0.15) is 5.10 Å². The first-order chi connectivity index (χ1) is 14.0. The second-order valence-corrected chi connectivity index (χ2v) is 7.89. The van der Waals surface area contributed by atoms with Gasteiger partial charge in [-0.05, 0) is 38.9 Å². The molecule has 0 aliphatic carbocycles. The van der Waals surface area contributed by atoms with E-state index in [-0.39, 0.29) is 0 Å². The zero-order chi connectivity index (χ0) is 20.4. The van der Waals surface area contributed by atoms with Crippen molar-refractivity contribution >= 4 is 29.0 Å². The number of hydrogen-bond acceptors (Lipinski definition) is 6. The second kappa shape index (κ2) is 8.57. The molecule has 3 aromatic heterocycles. The number of piperidine rings is 1. The summed E-state index contributed by atoms with van der Waals surface area (Å²) >= 11 is 12.5. The first-order valence-corrected chi connectivity index (χ1v) is 10.2. The van der Waals surface area contributed by atoms with Crippen LogP contribution in [0.4, 0.5) is 5.82 Å². The van der Waals surface area contributed by atoms with Crippen LogP contribution in [0.25, 0.3) is 11.1 Å². The molecule has 0 bridgehead atoms. The van der Waals surface area contributed by atoms with E-state index in [4.69, 9.17) is 33.7 Å². The predicted octanol–water partition coefficient (Wildman–Crippen LogP) is 4.29. The molecule has 3 N–H and O–H groups in total. The Hall–Kier alpha value is -2.35. The summed E-state index contributed by atoms with van der Waals surface area (Å²) in [4.78, 5) is 8.27. The van der Waals surface area contributed by atoms with Crippen molar-refractivity contribution in [2.24, 2.45) is 0 Å². The first kappa shape index (κ1) is 19.9. The Balaban J connectivity index is 1.57. The number of halogens is 2. The highest BCUT2D eigenvalue weighted by Gasteiger charge is 2.19. The van der Waals surface area contributed by atoms with Crippen molar-refractivity contribution in [3.63, 3.8) is 0 Å². The van der Waals surface area contributed by atoms with Gasteiger partial charge in [-0.3, -0.25) is 9.67 Å². The van der Waals surface area contributed by atoms with Crippen LogP contribution in [0.15, 0.2) is 37.1 Å². The maximum atomic E-state index is 6.24. The van der Waals surface area contributed by atoms with Gasteiger partial charge in [-0.1, -0.05) is 23.2 Å². The highest BCUT2D eigenvalue weighted by Crippen LogP contribution is 2.35. The normalized spacial score (nSPS) is 16.0. The molecule has 3 aromatic rings. The molecule has 0 radical (unpaired) electrons. The summed E-state index contributed by atoms with van der Waals surface area (Å²) in [6.45, 7) is 3.88. The van der Waals surface area contributed by atoms with E-state index < -0.39 is 6.10 Å². The van der Waals surface area contributed by atoms with Crippen molar-refractivity contribution in [3.8, 4) is 16.9 Å². The number of nitrogens with zero attached hydrogens (tertiary/aromatic N) is 4. The molecule has 7 nitrogen and oxygen atoms in total. The van der Waals surface area contributed by atoms with Crippen LogP contribution in [0, 0.1) is 0 Å². The van der Waals surface area contributed by atoms with E-state index in [0.29, 0.717) is 33.2 Å². The highest BCUT2D eigenvalue weighted by molar-refractivity contribution is 6.35. The molecule has 1 saturated heterocycles. The minimum absolute atomic E-state index is 0.299. The van der Waals surface area contributed by atoms with Crippen molar-refractivity contribution in [3.05, 3.63) is 52.7 Å². The Kier molecular flexibility index (Phi) is 5.89. The number of rotatable bonds is 5. The van der Waals surface area contributed by atoms with E-state index in [9.17, 15) is 0 Å². The van der Waals surface area contributed by atoms with Crippen molar-refractivity contribution in [2.45, 2.75) is 31.9 Å². The number of hydrogen-bond donors (Lipinski definition) is 2. The maximum absolute atomic E-state index is 6.24. The molecule has 4 rings (SSSR count). The SMILES string of the molecule is CC(Oc1cc(-c2cnn(C3CCNCC3)c2)cnc1N)c1c(Cl)cncc1Cl. The largest absolute Gasteiger partial charge is 0.482 e. The Morgan fingerprint density at radius 1 is 1.14 bits per heavy atom. The molecular weight excluding hydrogens is 411 g/mol. The van der Waals surface area contributed by atoms with Crippen molar-refractivity contribution in [2.75, 3.05) is 18.8 Å². The molecule has 1 fully saturated rings. The Labute approximate surface area is 179 Å². The molecule has 0 spiro atoms. The van der Waals surface area contributed by atoms with Crippen molar-refractivity contribution in [1.82, 2.24) is 25.1 Å². The molecule has 0 aromatic carbocycles. The van der Waals surface area contributed by atoms with Crippen LogP contribution in [0.1, 0.15) is 37.5 Å². The Morgan fingerprint density at radius 2 is 1.86 bits per heavy atom. The summed E-state index contributed by atoms with van der Waals surface area (Å²) in [5, 5.41) is 8.80. The van der Waals surface area contributed by atoms with Crippen LogP contribution in [0.5, 0.6) is 5.75 Å². The van der Waals surface area contributed by atoms with Crippen LogP contribution < -0.4 is 15.8 Å². The molecule has 9 heteroatoms. The van der Waals surface area contributed by atoms with Crippen molar-refractivity contribution < 1.29 is 4.74 Å². The van der Waals surface area contributed by atoms with E-state index >= 15 is 0 Å². The summed E-state index contributed by atoms with van der Waals surface area (Å²) in [6.07, 6.45) is 10.4. The average molecular weight is 433 g/mol. The Bertz CT molecular complexity index is 982. The van der Waals surface area contributed by atoms with E-state index in [1.165, 1.54) is 12.4 Å². The van der Waals surface area contributed by atoms with Gasteiger partial charge in [0.25, 0.3) is 0 Å². The number of nitrogens with one attached hydrogen (secondary N) is 1. The van der Waals surface area contributed by atoms with Crippen molar-refractivity contribution in [1.29, 1.82) is 0 Å². The monoisotopic (exact) mass is 432 g/mol. The van der Waals surface area contributed by atoms with Crippen LogP contribution >= 0.6 is 23.2 Å². The summed E-state index contributed by atoms with van der Waals surface area (Å²) in [7, 11) is 0. The quantitative estimate of drug-likeness (QED) is 0.624. The standard InChI is InChI=1S/C20H22Cl2N6O/c1-12(19-16(21)9-25-10-17(19)22)29-18-6-13(7-26-20(18)23)14-8-27-28(11-14)15-2-4-24-5-3-15/h6-12,15,24H,2-5H2,1H3,(H2,23,26).